The Morgan fingerprint density at radius 2 is 1.82 bits per heavy atom. The van der Waals surface area contributed by atoms with Crippen molar-refractivity contribution in [3.63, 3.8) is 0 Å². The number of carbonyl (C=O) groups is 2. The van der Waals surface area contributed by atoms with Crippen molar-refractivity contribution < 1.29 is 9.59 Å². The summed E-state index contributed by atoms with van der Waals surface area (Å²) in [7, 11) is 0. The van der Waals surface area contributed by atoms with E-state index in [-0.39, 0.29) is 11.8 Å². The zero-order valence-corrected chi connectivity index (χ0v) is 12.8. The van der Waals surface area contributed by atoms with Crippen LogP contribution in [0.25, 0.3) is 4.96 Å². The minimum atomic E-state index is -0.210. The predicted octanol–water partition coefficient (Wildman–Crippen LogP) is 2.54. The maximum absolute atomic E-state index is 12.3. The molecular formula is C16H13N3O2S. The lowest BCUT2D eigenvalue weighted by molar-refractivity contribution is 0.0656. The molecule has 1 aliphatic rings. The SMILES string of the molecule is Cc1csc2nc(CCN3C(=O)c4ccccc4C3=O)cn12. The Morgan fingerprint density at radius 1 is 1.14 bits per heavy atom. The first-order chi connectivity index (χ1) is 10.6. The van der Waals surface area contributed by atoms with Gasteiger partial charge in [-0.2, -0.15) is 0 Å². The molecule has 6 heteroatoms. The number of fused-ring (bicyclic) bond motifs is 2. The number of rotatable bonds is 3. The molecule has 0 radical (unpaired) electrons. The number of imide groups is 1. The molecule has 0 spiro atoms. The first-order valence-corrected chi connectivity index (χ1v) is 7.90. The van der Waals surface area contributed by atoms with Crippen LogP contribution in [0.3, 0.4) is 0 Å². The van der Waals surface area contributed by atoms with Crippen molar-refractivity contribution in [2.75, 3.05) is 6.54 Å². The highest BCUT2D eigenvalue weighted by Gasteiger charge is 2.34. The molecule has 1 aromatic carbocycles. The van der Waals surface area contributed by atoms with Crippen molar-refractivity contribution in [1.82, 2.24) is 14.3 Å². The van der Waals surface area contributed by atoms with Crippen molar-refractivity contribution in [2.24, 2.45) is 0 Å². The maximum Gasteiger partial charge on any atom is 0.261 e. The molecule has 0 saturated heterocycles. The number of hydrogen-bond donors (Lipinski definition) is 0. The summed E-state index contributed by atoms with van der Waals surface area (Å²) in [6, 6.07) is 6.95. The molecule has 0 fully saturated rings. The van der Waals surface area contributed by atoms with Gasteiger partial charge in [0.25, 0.3) is 11.8 Å². The quantitative estimate of drug-likeness (QED) is 0.699. The van der Waals surface area contributed by atoms with Crippen molar-refractivity contribution in [1.29, 1.82) is 0 Å². The monoisotopic (exact) mass is 311 g/mol. The Labute approximate surface area is 130 Å². The van der Waals surface area contributed by atoms with Crippen LogP contribution in [0.1, 0.15) is 32.1 Å². The molecule has 2 aromatic heterocycles. The Balaban J connectivity index is 1.55. The van der Waals surface area contributed by atoms with Gasteiger partial charge in [-0.1, -0.05) is 12.1 Å². The Morgan fingerprint density at radius 3 is 2.45 bits per heavy atom. The van der Waals surface area contributed by atoms with Crippen LogP contribution >= 0.6 is 11.3 Å². The molecule has 0 saturated carbocycles. The van der Waals surface area contributed by atoms with Gasteiger partial charge in [0.2, 0.25) is 0 Å². The number of thiazole rings is 1. The third-order valence-corrected chi connectivity index (χ3v) is 4.87. The lowest BCUT2D eigenvalue weighted by Gasteiger charge is -2.12. The molecule has 1 aliphatic heterocycles. The van der Waals surface area contributed by atoms with Crippen LogP contribution in [0.15, 0.2) is 35.8 Å². The topological polar surface area (TPSA) is 54.7 Å². The highest BCUT2D eigenvalue weighted by Crippen LogP contribution is 2.23. The summed E-state index contributed by atoms with van der Waals surface area (Å²) in [5.74, 6) is -0.421. The molecule has 2 amide bonds. The molecule has 0 bridgehead atoms. The fourth-order valence-corrected chi connectivity index (χ4v) is 3.60. The summed E-state index contributed by atoms with van der Waals surface area (Å²) in [6.07, 6.45) is 2.54. The van der Waals surface area contributed by atoms with E-state index in [4.69, 9.17) is 0 Å². The number of amides is 2. The van der Waals surface area contributed by atoms with E-state index in [1.54, 1.807) is 35.6 Å². The van der Waals surface area contributed by atoms with Gasteiger partial charge in [0, 0.05) is 30.2 Å². The standard InChI is InChI=1S/C16H13N3O2S/c1-10-9-22-16-17-11(8-19(10)16)6-7-18-14(20)12-4-2-3-5-13(12)15(18)21/h2-5,8-9H,6-7H2,1H3. The molecule has 110 valence electrons. The molecule has 22 heavy (non-hydrogen) atoms. The second-order valence-corrected chi connectivity index (χ2v) is 6.16. The normalized spacial score (nSPS) is 14.1. The largest absolute Gasteiger partial charge is 0.295 e. The molecule has 3 heterocycles. The number of nitrogens with zero attached hydrogens (tertiary/aromatic N) is 3. The first kappa shape index (κ1) is 13.2. The number of aromatic nitrogens is 2. The van der Waals surface area contributed by atoms with E-state index in [1.165, 1.54) is 4.90 Å². The van der Waals surface area contributed by atoms with E-state index in [0.717, 1.165) is 16.3 Å². The third kappa shape index (κ3) is 1.88. The van der Waals surface area contributed by atoms with Gasteiger partial charge in [0.15, 0.2) is 4.96 Å². The van der Waals surface area contributed by atoms with Crippen molar-refractivity contribution in [3.05, 3.63) is 58.4 Å². The molecule has 0 unspecified atom stereocenters. The number of benzene rings is 1. The average molecular weight is 311 g/mol. The molecule has 0 N–H and O–H groups in total. The van der Waals surface area contributed by atoms with E-state index >= 15 is 0 Å². The van der Waals surface area contributed by atoms with E-state index in [0.29, 0.717) is 24.1 Å². The van der Waals surface area contributed by atoms with Crippen LogP contribution in [-0.2, 0) is 6.42 Å². The van der Waals surface area contributed by atoms with Gasteiger partial charge < -0.3 is 0 Å². The van der Waals surface area contributed by atoms with Crippen LogP contribution in [-0.4, -0.2) is 32.6 Å². The van der Waals surface area contributed by atoms with Gasteiger partial charge in [-0.25, -0.2) is 4.98 Å². The van der Waals surface area contributed by atoms with Gasteiger partial charge in [0.05, 0.1) is 16.8 Å². The molecule has 4 rings (SSSR count). The summed E-state index contributed by atoms with van der Waals surface area (Å²) in [4.78, 5) is 31.3. The highest BCUT2D eigenvalue weighted by molar-refractivity contribution is 7.15. The Kier molecular flexibility index (Phi) is 2.87. The minimum absolute atomic E-state index is 0.210. The smallest absolute Gasteiger partial charge is 0.261 e. The summed E-state index contributed by atoms with van der Waals surface area (Å²) >= 11 is 1.59. The van der Waals surface area contributed by atoms with Gasteiger partial charge in [-0.05, 0) is 19.1 Å². The summed E-state index contributed by atoms with van der Waals surface area (Å²) in [5, 5.41) is 2.05. The lowest BCUT2D eigenvalue weighted by Crippen LogP contribution is -2.31. The fraction of sp³-hybridized carbons (Fsp3) is 0.188. The van der Waals surface area contributed by atoms with Crippen LogP contribution in [0.2, 0.25) is 0 Å². The highest BCUT2D eigenvalue weighted by atomic mass is 32.1. The summed E-state index contributed by atoms with van der Waals surface area (Å²) in [5.41, 5.74) is 3.02. The zero-order chi connectivity index (χ0) is 15.3. The maximum atomic E-state index is 12.3. The first-order valence-electron chi connectivity index (χ1n) is 7.02. The Hall–Kier alpha value is -2.47. The average Bonchev–Trinajstić information content (AvgIpc) is 3.15. The number of carbonyl (C=O) groups excluding carboxylic acids is 2. The van der Waals surface area contributed by atoms with E-state index < -0.39 is 0 Å². The summed E-state index contributed by atoms with van der Waals surface area (Å²) in [6.45, 7) is 2.38. The van der Waals surface area contributed by atoms with E-state index in [1.807, 2.05) is 17.5 Å². The number of imidazole rings is 1. The van der Waals surface area contributed by atoms with Crippen LogP contribution in [0.5, 0.6) is 0 Å². The van der Waals surface area contributed by atoms with Crippen molar-refractivity contribution in [2.45, 2.75) is 13.3 Å². The second-order valence-electron chi connectivity index (χ2n) is 5.32. The van der Waals surface area contributed by atoms with Crippen LogP contribution in [0.4, 0.5) is 0 Å². The van der Waals surface area contributed by atoms with Crippen LogP contribution in [0, 0.1) is 6.92 Å². The number of hydrogen-bond acceptors (Lipinski definition) is 4. The van der Waals surface area contributed by atoms with Crippen molar-refractivity contribution >= 4 is 28.1 Å². The Bertz CT molecular complexity index is 874. The molecule has 0 aliphatic carbocycles. The van der Waals surface area contributed by atoms with Gasteiger partial charge in [0.1, 0.15) is 0 Å². The van der Waals surface area contributed by atoms with Crippen molar-refractivity contribution in [3.8, 4) is 0 Å². The second kappa shape index (κ2) is 4.78. The molecule has 5 nitrogen and oxygen atoms in total. The minimum Gasteiger partial charge on any atom is -0.295 e. The molecule has 0 atom stereocenters. The number of aryl methyl sites for hydroxylation is 1. The van der Waals surface area contributed by atoms with E-state index in [2.05, 4.69) is 10.4 Å². The fourth-order valence-electron chi connectivity index (χ4n) is 2.73. The third-order valence-electron chi connectivity index (χ3n) is 3.91. The van der Waals surface area contributed by atoms with Gasteiger partial charge in [-0.3, -0.25) is 18.9 Å². The lowest BCUT2D eigenvalue weighted by atomic mass is 10.1. The summed E-state index contributed by atoms with van der Waals surface area (Å²) < 4.78 is 2.03. The predicted molar refractivity (Wildman–Crippen MR) is 83.3 cm³/mol. The van der Waals surface area contributed by atoms with E-state index in [9.17, 15) is 9.59 Å². The van der Waals surface area contributed by atoms with Gasteiger partial charge in [-0.15, -0.1) is 11.3 Å². The van der Waals surface area contributed by atoms with Gasteiger partial charge >= 0.3 is 0 Å². The van der Waals surface area contributed by atoms with Crippen LogP contribution < -0.4 is 0 Å². The molecule has 3 aromatic rings. The zero-order valence-electron chi connectivity index (χ0n) is 11.9. The molecular weight excluding hydrogens is 298 g/mol.